The Hall–Kier alpha value is -3.28. The number of nitrogens with zero attached hydrogens (tertiary/aromatic N) is 1. The number of esters is 1. The zero-order chi connectivity index (χ0) is 19.7. The number of anilines is 1. The Morgan fingerprint density at radius 3 is 2.64 bits per heavy atom. The van der Waals surface area contributed by atoms with E-state index in [9.17, 15) is 14.0 Å². The van der Waals surface area contributed by atoms with Gasteiger partial charge in [0.25, 0.3) is 5.91 Å². The summed E-state index contributed by atoms with van der Waals surface area (Å²) in [4.78, 5) is 30.0. The Morgan fingerprint density at radius 1 is 1.11 bits per heavy atom. The van der Waals surface area contributed by atoms with E-state index in [0.717, 1.165) is 41.4 Å². The Bertz CT molecular complexity index is 1060. The van der Waals surface area contributed by atoms with Gasteiger partial charge < -0.3 is 10.1 Å². The highest BCUT2D eigenvalue weighted by molar-refractivity contribution is 6.06. The van der Waals surface area contributed by atoms with E-state index >= 15 is 0 Å². The highest BCUT2D eigenvalue weighted by atomic mass is 19.1. The van der Waals surface area contributed by atoms with Gasteiger partial charge in [0.2, 0.25) is 0 Å². The molecular weight excluding hydrogens is 359 g/mol. The number of nitrogens with one attached hydrogen (secondary N) is 1. The minimum absolute atomic E-state index is 0.393. The standard InChI is InChI=1S/C22H19FN2O3/c1-13(21(26)24-15-11-9-14(23)10-12-15)28-22(27)20-16-5-2-3-7-18(16)25-19-8-4-6-17(19)20/h2-3,5,7,9-13H,4,6,8H2,1H3,(H,24,26)/t13-/m1/s1. The molecule has 0 bridgehead atoms. The second kappa shape index (κ2) is 7.38. The number of pyridine rings is 1. The van der Waals surface area contributed by atoms with Crippen molar-refractivity contribution in [2.24, 2.45) is 0 Å². The van der Waals surface area contributed by atoms with Gasteiger partial charge in [-0.2, -0.15) is 0 Å². The third kappa shape index (κ3) is 3.45. The number of hydrogen-bond donors (Lipinski definition) is 1. The van der Waals surface area contributed by atoms with Gasteiger partial charge in [-0.3, -0.25) is 9.78 Å². The molecule has 0 saturated carbocycles. The zero-order valence-corrected chi connectivity index (χ0v) is 15.4. The van der Waals surface area contributed by atoms with Gasteiger partial charge in [-0.05, 0) is 62.1 Å². The van der Waals surface area contributed by atoms with Gasteiger partial charge in [0.15, 0.2) is 6.10 Å². The van der Waals surface area contributed by atoms with Crippen molar-refractivity contribution in [3.63, 3.8) is 0 Å². The highest BCUT2D eigenvalue weighted by Gasteiger charge is 2.27. The Kier molecular flexibility index (Phi) is 4.77. The summed E-state index contributed by atoms with van der Waals surface area (Å²) in [5, 5.41) is 3.36. The lowest BCUT2D eigenvalue weighted by atomic mass is 10.0. The number of fused-ring (bicyclic) bond motifs is 2. The maximum Gasteiger partial charge on any atom is 0.339 e. The predicted octanol–water partition coefficient (Wildman–Crippen LogP) is 4.05. The van der Waals surface area contributed by atoms with Crippen molar-refractivity contribution in [2.45, 2.75) is 32.3 Å². The topological polar surface area (TPSA) is 68.3 Å². The average molecular weight is 378 g/mol. The number of para-hydroxylation sites is 1. The van der Waals surface area contributed by atoms with Gasteiger partial charge in [-0.25, -0.2) is 9.18 Å². The van der Waals surface area contributed by atoms with Gasteiger partial charge in [0, 0.05) is 16.8 Å². The summed E-state index contributed by atoms with van der Waals surface area (Å²) >= 11 is 0. The third-order valence-electron chi connectivity index (χ3n) is 4.89. The van der Waals surface area contributed by atoms with Crippen LogP contribution in [-0.2, 0) is 22.4 Å². The highest BCUT2D eigenvalue weighted by Crippen LogP contribution is 2.30. The van der Waals surface area contributed by atoms with E-state index in [1.807, 2.05) is 24.3 Å². The SMILES string of the molecule is C[C@@H](OC(=O)c1c2c(nc3ccccc13)CCC2)C(=O)Nc1ccc(F)cc1. The maximum atomic E-state index is 13.0. The molecule has 1 aromatic heterocycles. The first-order valence-electron chi connectivity index (χ1n) is 9.21. The fourth-order valence-corrected chi connectivity index (χ4v) is 3.49. The largest absolute Gasteiger partial charge is 0.449 e. The molecule has 0 radical (unpaired) electrons. The van der Waals surface area contributed by atoms with Crippen molar-refractivity contribution >= 4 is 28.5 Å². The first-order valence-corrected chi connectivity index (χ1v) is 9.21. The number of hydrogen-bond acceptors (Lipinski definition) is 4. The van der Waals surface area contributed by atoms with E-state index in [4.69, 9.17) is 4.74 Å². The lowest BCUT2D eigenvalue weighted by Crippen LogP contribution is -2.30. The van der Waals surface area contributed by atoms with Crippen molar-refractivity contribution in [1.82, 2.24) is 4.98 Å². The van der Waals surface area contributed by atoms with E-state index < -0.39 is 23.8 Å². The fraction of sp³-hybridized carbons (Fsp3) is 0.227. The first-order chi connectivity index (χ1) is 13.5. The number of amides is 1. The maximum absolute atomic E-state index is 13.0. The van der Waals surface area contributed by atoms with E-state index in [1.165, 1.54) is 31.2 Å². The molecule has 1 atom stereocenters. The van der Waals surface area contributed by atoms with Crippen LogP contribution >= 0.6 is 0 Å². The van der Waals surface area contributed by atoms with Crippen LogP contribution in [0.2, 0.25) is 0 Å². The molecule has 0 spiro atoms. The second-order valence-electron chi connectivity index (χ2n) is 6.83. The van der Waals surface area contributed by atoms with Crippen molar-refractivity contribution in [3.05, 3.63) is 71.2 Å². The summed E-state index contributed by atoms with van der Waals surface area (Å²) in [7, 11) is 0. The zero-order valence-electron chi connectivity index (χ0n) is 15.4. The molecule has 3 aromatic rings. The predicted molar refractivity (Wildman–Crippen MR) is 104 cm³/mol. The Balaban J connectivity index is 1.57. The first kappa shape index (κ1) is 18.1. The quantitative estimate of drug-likeness (QED) is 0.696. The molecule has 1 aliphatic carbocycles. The van der Waals surface area contributed by atoms with E-state index in [2.05, 4.69) is 10.3 Å². The number of aromatic nitrogens is 1. The molecule has 1 heterocycles. The number of ether oxygens (including phenoxy) is 1. The van der Waals surface area contributed by atoms with Crippen LogP contribution in [0.25, 0.3) is 10.9 Å². The lowest BCUT2D eigenvalue weighted by Gasteiger charge is -2.16. The van der Waals surface area contributed by atoms with Gasteiger partial charge in [0.1, 0.15) is 5.82 Å². The van der Waals surface area contributed by atoms with Crippen LogP contribution < -0.4 is 5.32 Å². The van der Waals surface area contributed by atoms with Crippen LogP contribution in [0.3, 0.4) is 0 Å². The summed E-state index contributed by atoms with van der Waals surface area (Å²) in [5.41, 5.74) is 3.52. The summed E-state index contributed by atoms with van der Waals surface area (Å²) in [6.07, 6.45) is 1.55. The van der Waals surface area contributed by atoms with Gasteiger partial charge in [-0.15, -0.1) is 0 Å². The second-order valence-corrected chi connectivity index (χ2v) is 6.83. The lowest BCUT2D eigenvalue weighted by molar-refractivity contribution is -0.123. The number of halogens is 1. The molecule has 0 aliphatic heterocycles. The van der Waals surface area contributed by atoms with Crippen LogP contribution in [0.4, 0.5) is 10.1 Å². The van der Waals surface area contributed by atoms with Crippen molar-refractivity contribution < 1.29 is 18.7 Å². The van der Waals surface area contributed by atoms with Gasteiger partial charge in [-0.1, -0.05) is 18.2 Å². The fourth-order valence-electron chi connectivity index (χ4n) is 3.49. The molecule has 5 nitrogen and oxygen atoms in total. The number of carbonyl (C=O) groups is 2. The van der Waals surface area contributed by atoms with Crippen molar-refractivity contribution in [1.29, 1.82) is 0 Å². The molecule has 142 valence electrons. The third-order valence-corrected chi connectivity index (χ3v) is 4.89. The number of benzene rings is 2. The van der Waals surface area contributed by atoms with Crippen LogP contribution in [0.15, 0.2) is 48.5 Å². The van der Waals surface area contributed by atoms with Crippen LogP contribution in [0.1, 0.15) is 35.0 Å². The molecular formula is C22H19FN2O3. The smallest absolute Gasteiger partial charge is 0.339 e. The minimum Gasteiger partial charge on any atom is -0.449 e. The summed E-state index contributed by atoms with van der Waals surface area (Å²) in [5.74, 6) is -1.40. The molecule has 0 saturated heterocycles. The van der Waals surface area contributed by atoms with Crippen molar-refractivity contribution in [3.8, 4) is 0 Å². The molecule has 1 aliphatic rings. The molecule has 1 N–H and O–H groups in total. The van der Waals surface area contributed by atoms with E-state index in [0.29, 0.717) is 11.3 Å². The van der Waals surface area contributed by atoms with E-state index in [-0.39, 0.29) is 0 Å². The minimum atomic E-state index is -0.999. The molecule has 4 rings (SSSR count). The van der Waals surface area contributed by atoms with Crippen LogP contribution in [0, 0.1) is 5.82 Å². The van der Waals surface area contributed by atoms with Gasteiger partial charge in [0.05, 0.1) is 11.1 Å². The molecule has 6 heteroatoms. The van der Waals surface area contributed by atoms with Gasteiger partial charge >= 0.3 is 5.97 Å². The summed E-state index contributed by atoms with van der Waals surface area (Å²) in [6.45, 7) is 1.51. The number of aryl methyl sites for hydroxylation is 1. The van der Waals surface area contributed by atoms with Crippen LogP contribution in [-0.4, -0.2) is 23.0 Å². The number of rotatable bonds is 4. The summed E-state index contributed by atoms with van der Waals surface area (Å²) in [6, 6.07) is 12.8. The molecule has 28 heavy (non-hydrogen) atoms. The normalized spacial score (nSPS) is 13.8. The Labute approximate surface area is 161 Å². The molecule has 2 aromatic carbocycles. The Morgan fingerprint density at radius 2 is 1.86 bits per heavy atom. The van der Waals surface area contributed by atoms with Crippen LogP contribution in [0.5, 0.6) is 0 Å². The summed E-state index contributed by atoms with van der Waals surface area (Å²) < 4.78 is 18.5. The molecule has 1 amide bonds. The molecule has 0 fully saturated rings. The monoisotopic (exact) mass is 378 g/mol. The average Bonchev–Trinajstić information content (AvgIpc) is 3.15. The molecule has 0 unspecified atom stereocenters. The number of carbonyl (C=O) groups excluding carboxylic acids is 2. The van der Waals surface area contributed by atoms with Crippen molar-refractivity contribution in [2.75, 3.05) is 5.32 Å². The van der Waals surface area contributed by atoms with E-state index in [1.54, 1.807) is 0 Å².